The van der Waals surface area contributed by atoms with Gasteiger partial charge in [-0.1, -0.05) is 37.4 Å². The lowest BCUT2D eigenvalue weighted by Gasteiger charge is -2.27. The van der Waals surface area contributed by atoms with Gasteiger partial charge in [-0.3, -0.25) is 38.4 Å². The standard InChI is InChI=1S/C61H64N2O20S2/c1-4-48(64)76-30-32-78-52(68)24-22-50(66)74-28-26-38-6-18-45(19-7-38)80-57(70)40-10-14-42(15-11-40)59(72)82-47-34-37(3)54(56-55(47)84-61(85-56)44(35-62)36-63)83-60(73)43-16-12-41(13-17-43)58(71)81-46-20-8-39(9-21-46)27-29-75-51(67)23-25-53(69)79-33-31-77-49(65)5-2/h4-9,18-21,34,40-44,61H,1-2,10-17,22-33H2,3H3. The molecule has 3 aromatic carbocycles. The van der Waals surface area contributed by atoms with E-state index >= 15 is 0 Å². The van der Waals surface area contributed by atoms with E-state index in [1.807, 2.05) is 12.1 Å². The van der Waals surface area contributed by atoms with Gasteiger partial charge in [-0.15, -0.1) is 23.5 Å². The first-order chi connectivity index (χ1) is 41.0. The lowest BCUT2D eigenvalue weighted by atomic mass is 9.82. The number of nitriles is 2. The van der Waals surface area contributed by atoms with Gasteiger partial charge in [0.25, 0.3) is 0 Å². The average Bonchev–Trinajstić information content (AvgIpc) is 3.68. The highest BCUT2D eigenvalue weighted by Crippen LogP contribution is 2.59. The van der Waals surface area contributed by atoms with Gasteiger partial charge in [0.2, 0.25) is 0 Å². The van der Waals surface area contributed by atoms with Gasteiger partial charge in [-0.25, -0.2) is 9.59 Å². The van der Waals surface area contributed by atoms with Crippen LogP contribution in [-0.4, -0.2) is 104 Å². The first-order valence-corrected chi connectivity index (χ1v) is 29.3. The number of fused-ring (bicyclic) bond motifs is 1. The zero-order valence-electron chi connectivity index (χ0n) is 46.7. The molecule has 0 radical (unpaired) electrons. The van der Waals surface area contributed by atoms with Crippen LogP contribution in [0.15, 0.2) is 89.7 Å². The Balaban J connectivity index is 0.913. The van der Waals surface area contributed by atoms with Crippen molar-refractivity contribution in [3.05, 3.63) is 96.6 Å². The highest BCUT2D eigenvalue weighted by atomic mass is 32.2. The van der Waals surface area contributed by atoms with E-state index in [4.69, 9.17) is 47.4 Å². The quantitative estimate of drug-likeness (QED) is 0.0208. The smallest absolute Gasteiger partial charge is 0.330 e. The maximum Gasteiger partial charge on any atom is 0.330 e. The second-order valence-corrected chi connectivity index (χ2v) is 22.3. The van der Waals surface area contributed by atoms with E-state index in [-0.39, 0.29) is 76.8 Å². The molecule has 0 amide bonds. The van der Waals surface area contributed by atoms with Crippen molar-refractivity contribution < 1.29 is 95.3 Å². The molecular weight excluding hydrogens is 1140 g/mol. The molecule has 2 aliphatic carbocycles. The van der Waals surface area contributed by atoms with Gasteiger partial charge in [-0.05, 0) is 105 Å². The number of carbonyl (C=O) groups is 10. The maximum absolute atomic E-state index is 13.8. The summed E-state index contributed by atoms with van der Waals surface area (Å²) in [6.45, 7) is 7.77. The SMILES string of the molecule is C=CC(=O)OCCOC(=O)CCC(=O)OCCc1ccc(OC(=O)C2CCC(C(=O)Oc3cc(C)c(OC(=O)C4CCC(C(=O)Oc5ccc(CCOC(=O)CCC(=O)OCCOC(=O)C=C)cc5)CC4)c4c3SC(C(C#N)C#N)S4)CC2)cc1. The number of thioether (sulfide) groups is 2. The van der Waals surface area contributed by atoms with Crippen LogP contribution in [0.25, 0.3) is 0 Å². The van der Waals surface area contributed by atoms with Crippen molar-refractivity contribution in [2.75, 3.05) is 39.6 Å². The predicted octanol–water partition coefficient (Wildman–Crippen LogP) is 8.09. The Kier molecular flexibility index (Phi) is 26.1. The van der Waals surface area contributed by atoms with E-state index < -0.39 is 93.9 Å². The molecule has 0 N–H and O–H groups in total. The number of nitrogens with zero attached hydrogens (tertiary/aromatic N) is 2. The Morgan fingerprint density at radius 2 is 0.835 bits per heavy atom. The Hall–Kier alpha value is -8.48. The molecule has 85 heavy (non-hydrogen) atoms. The summed E-state index contributed by atoms with van der Waals surface area (Å²) in [5, 5.41) is 19.6. The number of ether oxygens (including phenoxy) is 10. The molecule has 2 fully saturated rings. The molecule has 1 atom stereocenters. The van der Waals surface area contributed by atoms with E-state index in [0.29, 0.717) is 91.1 Å². The molecule has 0 spiro atoms. The van der Waals surface area contributed by atoms with E-state index in [9.17, 15) is 58.5 Å². The molecule has 0 saturated heterocycles. The predicted molar refractivity (Wildman–Crippen MR) is 300 cm³/mol. The molecule has 450 valence electrons. The Morgan fingerprint density at radius 3 is 1.21 bits per heavy atom. The van der Waals surface area contributed by atoms with Crippen LogP contribution in [0.5, 0.6) is 23.0 Å². The Labute approximate surface area is 499 Å². The average molecular weight is 1210 g/mol. The number of benzene rings is 3. The van der Waals surface area contributed by atoms with Gasteiger partial charge in [0, 0.05) is 25.0 Å². The third-order valence-electron chi connectivity index (χ3n) is 13.7. The second-order valence-electron chi connectivity index (χ2n) is 19.7. The maximum atomic E-state index is 13.8. The summed E-state index contributed by atoms with van der Waals surface area (Å²) in [5.74, 6) is -7.66. The van der Waals surface area contributed by atoms with E-state index in [1.165, 1.54) is 23.5 Å². The van der Waals surface area contributed by atoms with Crippen LogP contribution >= 0.6 is 23.5 Å². The second kappa shape index (κ2) is 33.7. The van der Waals surface area contributed by atoms with Crippen molar-refractivity contribution in [1.29, 1.82) is 10.5 Å². The molecule has 1 unspecified atom stereocenters. The summed E-state index contributed by atoms with van der Waals surface area (Å²) in [5.41, 5.74) is 2.09. The minimum absolute atomic E-state index is 0.0528. The zero-order chi connectivity index (χ0) is 61.3. The van der Waals surface area contributed by atoms with Crippen molar-refractivity contribution in [2.45, 2.75) is 111 Å². The van der Waals surface area contributed by atoms with Crippen molar-refractivity contribution in [3.8, 4) is 35.1 Å². The lowest BCUT2D eigenvalue weighted by molar-refractivity contribution is -0.152. The summed E-state index contributed by atoms with van der Waals surface area (Å²) in [6.07, 6.45) is 4.79. The molecule has 24 heteroatoms. The first kappa shape index (κ1) is 65.7. The number of carbonyl (C=O) groups excluding carboxylic acids is 10. The normalized spacial score (nSPS) is 17.6. The van der Waals surface area contributed by atoms with Gasteiger partial charge < -0.3 is 47.4 Å². The van der Waals surface area contributed by atoms with E-state index in [0.717, 1.165) is 23.3 Å². The molecule has 1 heterocycles. The molecule has 2 saturated carbocycles. The van der Waals surface area contributed by atoms with Gasteiger partial charge in [-0.2, -0.15) is 10.5 Å². The summed E-state index contributed by atoms with van der Waals surface area (Å²) in [7, 11) is 0. The summed E-state index contributed by atoms with van der Waals surface area (Å²) in [4.78, 5) is 125. The van der Waals surface area contributed by atoms with Crippen LogP contribution in [0, 0.1) is 59.2 Å². The molecule has 0 bridgehead atoms. The number of rotatable bonds is 29. The molecular formula is C61H64N2O20S2. The minimum Gasteiger partial charge on any atom is -0.465 e. The summed E-state index contributed by atoms with van der Waals surface area (Å²) in [6, 6.07) is 19.1. The number of aryl methyl sites for hydroxylation is 1. The number of hydrogen-bond donors (Lipinski definition) is 0. The topological polar surface area (TPSA) is 311 Å². The summed E-state index contributed by atoms with van der Waals surface area (Å²) < 4.78 is 52.5. The molecule has 3 aliphatic rings. The monoisotopic (exact) mass is 1210 g/mol. The fraction of sp³-hybridized carbons (Fsp3) is 0.443. The van der Waals surface area contributed by atoms with E-state index in [1.54, 1.807) is 61.5 Å². The molecule has 6 rings (SSSR count). The van der Waals surface area contributed by atoms with Gasteiger partial charge in [0.05, 0.1) is 89.1 Å². The highest BCUT2D eigenvalue weighted by molar-refractivity contribution is 8.19. The largest absolute Gasteiger partial charge is 0.465 e. The van der Waals surface area contributed by atoms with Gasteiger partial charge in [0.1, 0.15) is 49.4 Å². The van der Waals surface area contributed by atoms with Gasteiger partial charge >= 0.3 is 59.7 Å². The zero-order valence-corrected chi connectivity index (χ0v) is 48.4. The molecule has 3 aromatic rings. The van der Waals surface area contributed by atoms with Crippen LogP contribution < -0.4 is 18.9 Å². The van der Waals surface area contributed by atoms with Crippen molar-refractivity contribution in [1.82, 2.24) is 0 Å². The van der Waals surface area contributed by atoms with Crippen LogP contribution in [0.3, 0.4) is 0 Å². The molecule has 0 aromatic heterocycles. The van der Waals surface area contributed by atoms with Crippen LogP contribution in [0.2, 0.25) is 0 Å². The number of esters is 10. The van der Waals surface area contributed by atoms with Crippen molar-refractivity contribution >= 4 is 83.2 Å². The first-order valence-electron chi connectivity index (χ1n) is 27.5. The van der Waals surface area contributed by atoms with Crippen molar-refractivity contribution in [2.24, 2.45) is 29.6 Å². The molecule has 1 aliphatic heterocycles. The molecule has 22 nitrogen and oxygen atoms in total. The van der Waals surface area contributed by atoms with Gasteiger partial charge in [0.15, 0.2) is 5.92 Å². The minimum atomic E-state index is -1.05. The van der Waals surface area contributed by atoms with Crippen LogP contribution in [0.4, 0.5) is 0 Å². The summed E-state index contributed by atoms with van der Waals surface area (Å²) >= 11 is 2.36. The van der Waals surface area contributed by atoms with E-state index in [2.05, 4.69) is 13.2 Å². The highest BCUT2D eigenvalue weighted by Gasteiger charge is 2.40. The third kappa shape index (κ3) is 21.0. The van der Waals surface area contributed by atoms with Crippen molar-refractivity contribution in [3.63, 3.8) is 0 Å². The fourth-order valence-corrected chi connectivity index (χ4v) is 12.0. The Morgan fingerprint density at radius 1 is 0.494 bits per heavy atom. The Bertz CT molecular complexity index is 3010. The third-order valence-corrected chi connectivity index (χ3v) is 16.7. The number of hydrogen-bond acceptors (Lipinski definition) is 24. The van der Waals surface area contributed by atoms with Crippen LogP contribution in [-0.2, 0) is 89.2 Å². The fourth-order valence-electron chi connectivity index (χ4n) is 9.01. The van der Waals surface area contributed by atoms with Crippen LogP contribution in [0.1, 0.15) is 93.7 Å². The lowest BCUT2D eigenvalue weighted by Crippen LogP contribution is -2.31.